The highest BCUT2D eigenvalue weighted by Crippen LogP contribution is 2.43. The highest BCUT2D eigenvalue weighted by Gasteiger charge is 2.67. The lowest BCUT2D eigenvalue weighted by atomic mass is 10.3. The second-order valence-electron chi connectivity index (χ2n) is 4.57. The van der Waals surface area contributed by atoms with Crippen LogP contribution in [0, 0.1) is 6.92 Å². The number of hydrogen-bond acceptors (Lipinski definition) is 3. The third kappa shape index (κ3) is 2.25. The normalized spacial score (nSPS) is 13.8. The van der Waals surface area contributed by atoms with E-state index < -0.39 is 26.2 Å². The SMILES string of the molecule is CCn1c(C)nc2cc(S(=O)(=O)C(F)(F)C(F)(F)F)ccc21. The Morgan fingerprint density at radius 1 is 1.18 bits per heavy atom. The summed E-state index contributed by atoms with van der Waals surface area (Å²) in [7, 11) is -5.91. The number of aryl methyl sites for hydroxylation is 2. The van der Waals surface area contributed by atoms with Crippen LogP contribution in [-0.2, 0) is 16.4 Å². The molecule has 2 aromatic rings. The molecule has 0 fully saturated rings. The van der Waals surface area contributed by atoms with Crippen LogP contribution in [0.3, 0.4) is 0 Å². The molecule has 0 aliphatic rings. The Balaban J connectivity index is 2.66. The van der Waals surface area contributed by atoms with E-state index in [1.807, 2.05) is 0 Å². The number of halogens is 5. The molecule has 0 spiro atoms. The summed E-state index contributed by atoms with van der Waals surface area (Å²) < 4.78 is 88.2. The number of benzene rings is 1. The van der Waals surface area contributed by atoms with Crippen molar-refractivity contribution in [3.63, 3.8) is 0 Å². The van der Waals surface area contributed by atoms with Gasteiger partial charge in [0.1, 0.15) is 5.82 Å². The molecular weight excluding hydrogens is 331 g/mol. The van der Waals surface area contributed by atoms with E-state index in [2.05, 4.69) is 4.98 Å². The molecule has 0 bridgehead atoms. The van der Waals surface area contributed by atoms with Gasteiger partial charge in [0, 0.05) is 6.54 Å². The van der Waals surface area contributed by atoms with Gasteiger partial charge in [0.05, 0.1) is 15.9 Å². The fourth-order valence-corrected chi connectivity index (χ4v) is 3.21. The summed E-state index contributed by atoms with van der Waals surface area (Å²) in [5.74, 6) is 0.495. The van der Waals surface area contributed by atoms with Crippen LogP contribution in [0.25, 0.3) is 11.0 Å². The summed E-state index contributed by atoms with van der Waals surface area (Å²) in [6.45, 7) is 3.89. The van der Waals surface area contributed by atoms with E-state index in [9.17, 15) is 30.4 Å². The molecule has 0 radical (unpaired) electrons. The molecule has 0 unspecified atom stereocenters. The number of nitrogens with zero attached hydrogens (tertiary/aromatic N) is 2. The fraction of sp³-hybridized carbons (Fsp3) is 0.417. The van der Waals surface area contributed by atoms with Gasteiger partial charge in [-0.25, -0.2) is 13.4 Å². The van der Waals surface area contributed by atoms with Gasteiger partial charge in [0.2, 0.25) is 0 Å². The van der Waals surface area contributed by atoms with Crippen molar-refractivity contribution in [1.82, 2.24) is 9.55 Å². The molecule has 1 aromatic carbocycles. The zero-order valence-corrected chi connectivity index (χ0v) is 12.3. The molecular formula is C12H11F5N2O2S. The van der Waals surface area contributed by atoms with E-state index in [1.54, 1.807) is 18.4 Å². The van der Waals surface area contributed by atoms with Crippen molar-refractivity contribution in [2.75, 3.05) is 0 Å². The predicted molar refractivity (Wildman–Crippen MR) is 68.3 cm³/mol. The van der Waals surface area contributed by atoms with Crippen molar-refractivity contribution >= 4 is 20.9 Å². The molecule has 4 nitrogen and oxygen atoms in total. The van der Waals surface area contributed by atoms with E-state index in [0.29, 0.717) is 17.9 Å². The minimum Gasteiger partial charge on any atom is -0.329 e. The highest BCUT2D eigenvalue weighted by atomic mass is 32.2. The molecule has 0 N–H and O–H groups in total. The van der Waals surface area contributed by atoms with Crippen LogP contribution in [0.2, 0.25) is 0 Å². The lowest BCUT2D eigenvalue weighted by molar-refractivity contribution is -0.241. The molecule has 22 heavy (non-hydrogen) atoms. The zero-order valence-electron chi connectivity index (χ0n) is 11.4. The highest BCUT2D eigenvalue weighted by molar-refractivity contribution is 7.92. The van der Waals surface area contributed by atoms with Crippen LogP contribution >= 0.6 is 0 Å². The minimum atomic E-state index is -6.19. The smallest absolute Gasteiger partial charge is 0.329 e. The van der Waals surface area contributed by atoms with Gasteiger partial charge in [-0.2, -0.15) is 22.0 Å². The Labute approximate surface area is 122 Å². The average Bonchev–Trinajstić information content (AvgIpc) is 2.71. The summed E-state index contributed by atoms with van der Waals surface area (Å²) in [4.78, 5) is 2.85. The summed E-state index contributed by atoms with van der Waals surface area (Å²) in [5.41, 5.74) is 0.493. The molecule has 1 heterocycles. The van der Waals surface area contributed by atoms with Gasteiger partial charge in [-0.1, -0.05) is 0 Å². The Hall–Kier alpha value is -1.71. The predicted octanol–water partition coefficient (Wildman–Crippen LogP) is 3.29. The fourth-order valence-electron chi connectivity index (χ4n) is 2.10. The van der Waals surface area contributed by atoms with Crippen molar-refractivity contribution in [1.29, 1.82) is 0 Å². The summed E-state index contributed by atoms with van der Waals surface area (Å²) in [6, 6.07) is 2.62. The number of fused-ring (bicyclic) bond motifs is 1. The first-order chi connectivity index (χ1) is 9.93. The molecule has 0 aliphatic carbocycles. The van der Waals surface area contributed by atoms with Gasteiger partial charge in [-0.15, -0.1) is 0 Å². The topological polar surface area (TPSA) is 52.0 Å². The van der Waals surface area contributed by atoms with E-state index in [1.165, 1.54) is 0 Å². The van der Waals surface area contributed by atoms with Crippen LogP contribution in [0.1, 0.15) is 12.7 Å². The molecule has 0 aliphatic heterocycles. The maximum Gasteiger partial charge on any atom is 0.469 e. The molecule has 10 heteroatoms. The maximum atomic E-state index is 13.2. The molecule has 0 atom stereocenters. The Morgan fingerprint density at radius 3 is 2.27 bits per heavy atom. The number of sulfone groups is 1. The minimum absolute atomic E-state index is 0.0402. The molecule has 0 saturated heterocycles. The largest absolute Gasteiger partial charge is 0.469 e. The number of rotatable bonds is 3. The Kier molecular flexibility index (Phi) is 3.71. The van der Waals surface area contributed by atoms with Crippen molar-refractivity contribution in [2.45, 2.75) is 36.7 Å². The maximum absolute atomic E-state index is 13.2. The first-order valence-corrected chi connectivity index (χ1v) is 7.58. The molecule has 1 aromatic heterocycles. The lowest BCUT2D eigenvalue weighted by Crippen LogP contribution is -2.43. The second kappa shape index (κ2) is 4.90. The monoisotopic (exact) mass is 342 g/mol. The summed E-state index contributed by atoms with van der Waals surface area (Å²) >= 11 is 0. The van der Waals surface area contributed by atoms with Crippen LogP contribution in [0.4, 0.5) is 22.0 Å². The van der Waals surface area contributed by atoms with Crippen LogP contribution in [0.15, 0.2) is 23.1 Å². The third-order valence-corrected chi connectivity index (χ3v) is 4.99. The zero-order chi connectivity index (χ0) is 16.9. The third-order valence-electron chi connectivity index (χ3n) is 3.20. The van der Waals surface area contributed by atoms with Crippen molar-refractivity contribution in [3.8, 4) is 0 Å². The van der Waals surface area contributed by atoms with Gasteiger partial charge >= 0.3 is 11.4 Å². The van der Waals surface area contributed by atoms with E-state index in [4.69, 9.17) is 0 Å². The van der Waals surface area contributed by atoms with E-state index >= 15 is 0 Å². The van der Waals surface area contributed by atoms with Gasteiger partial charge in [0.25, 0.3) is 9.84 Å². The second-order valence-corrected chi connectivity index (χ2v) is 6.56. The number of hydrogen-bond donors (Lipinski definition) is 0. The van der Waals surface area contributed by atoms with E-state index in [0.717, 1.165) is 18.2 Å². The molecule has 0 saturated carbocycles. The summed E-state index contributed by atoms with van der Waals surface area (Å²) in [5, 5.41) is -5.87. The van der Waals surface area contributed by atoms with Crippen molar-refractivity contribution in [3.05, 3.63) is 24.0 Å². The van der Waals surface area contributed by atoms with Crippen LogP contribution < -0.4 is 0 Å². The van der Waals surface area contributed by atoms with Crippen LogP contribution in [0.5, 0.6) is 0 Å². The molecule has 2 rings (SSSR count). The van der Waals surface area contributed by atoms with Gasteiger partial charge in [0.15, 0.2) is 0 Å². The van der Waals surface area contributed by atoms with Gasteiger partial charge < -0.3 is 4.57 Å². The first-order valence-electron chi connectivity index (χ1n) is 6.09. The molecule has 122 valence electrons. The number of imidazole rings is 1. The Bertz CT molecular complexity index is 824. The lowest BCUT2D eigenvalue weighted by Gasteiger charge is -2.19. The van der Waals surface area contributed by atoms with Crippen LogP contribution in [-0.4, -0.2) is 29.4 Å². The number of alkyl halides is 5. The number of aromatic nitrogens is 2. The van der Waals surface area contributed by atoms with Crippen molar-refractivity contribution in [2.24, 2.45) is 0 Å². The van der Waals surface area contributed by atoms with Crippen molar-refractivity contribution < 1.29 is 30.4 Å². The first kappa shape index (κ1) is 16.7. The molecule has 0 amide bonds. The standard InChI is InChI=1S/C12H11F5N2O2S/c1-3-19-7(2)18-9-6-8(4-5-10(9)19)22(20,21)12(16,17)11(13,14)15/h4-6H,3H2,1-2H3. The van der Waals surface area contributed by atoms with Gasteiger partial charge in [-0.3, -0.25) is 0 Å². The van der Waals surface area contributed by atoms with Gasteiger partial charge in [-0.05, 0) is 32.0 Å². The Morgan fingerprint density at radius 2 is 1.77 bits per heavy atom. The average molecular weight is 342 g/mol. The summed E-state index contributed by atoms with van der Waals surface area (Å²) in [6.07, 6.45) is -6.19. The van der Waals surface area contributed by atoms with E-state index in [-0.39, 0.29) is 5.52 Å². The quantitative estimate of drug-likeness (QED) is 0.805.